The lowest BCUT2D eigenvalue weighted by atomic mass is 10.1. The van der Waals surface area contributed by atoms with Gasteiger partial charge in [0.15, 0.2) is 5.13 Å². The molecule has 0 bridgehead atoms. The van der Waals surface area contributed by atoms with Gasteiger partial charge in [0.05, 0.1) is 0 Å². The normalized spacial score (nSPS) is 17.5. The Morgan fingerprint density at radius 1 is 1.32 bits per heavy atom. The summed E-state index contributed by atoms with van der Waals surface area (Å²) < 4.78 is 0.920. The summed E-state index contributed by atoms with van der Waals surface area (Å²) in [4.78, 5) is 30.6. The molecular weight excluding hydrogens is 366 g/mol. The van der Waals surface area contributed by atoms with Crippen molar-refractivity contribution in [3.63, 3.8) is 0 Å². The summed E-state index contributed by atoms with van der Waals surface area (Å²) in [5.74, 6) is -0.276. The van der Waals surface area contributed by atoms with Gasteiger partial charge in [-0.05, 0) is 37.1 Å². The molecule has 1 N–H and O–H groups in total. The first kappa shape index (κ1) is 15.2. The van der Waals surface area contributed by atoms with Crippen LogP contribution in [0.5, 0.6) is 0 Å². The van der Waals surface area contributed by atoms with Gasteiger partial charge < -0.3 is 10.2 Å². The molecule has 2 heterocycles. The zero-order valence-electron chi connectivity index (χ0n) is 11.7. The third-order valence-electron chi connectivity index (χ3n) is 3.57. The molecule has 7 heteroatoms. The van der Waals surface area contributed by atoms with Crippen molar-refractivity contribution >= 4 is 44.2 Å². The van der Waals surface area contributed by atoms with Crippen molar-refractivity contribution in [2.45, 2.75) is 18.9 Å². The van der Waals surface area contributed by atoms with Gasteiger partial charge in [-0.25, -0.2) is 4.98 Å². The van der Waals surface area contributed by atoms with Gasteiger partial charge in [0.1, 0.15) is 6.04 Å². The molecule has 1 aliphatic heterocycles. The lowest BCUT2D eigenvalue weighted by Crippen LogP contribution is -2.43. The number of carbonyl (C=O) groups excluding carboxylic acids is 2. The first-order valence-corrected chi connectivity index (χ1v) is 8.59. The number of nitrogens with one attached hydrogen (secondary N) is 1. The van der Waals surface area contributed by atoms with E-state index in [2.05, 4.69) is 26.2 Å². The molecule has 1 aromatic carbocycles. The SMILES string of the molecule is O=C(Nc1nccs1)C1CCCN1C(=O)c1ccc(Br)cc1. The Morgan fingerprint density at radius 2 is 2.09 bits per heavy atom. The second-order valence-corrected chi connectivity index (χ2v) is 6.80. The van der Waals surface area contributed by atoms with Gasteiger partial charge in [-0.3, -0.25) is 9.59 Å². The number of thiazole rings is 1. The molecule has 5 nitrogen and oxygen atoms in total. The summed E-state index contributed by atoms with van der Waals surface area (Å²) in [6.45, 7) is 0.602. The van der Waals surface area contributed by atoms with Crippen LogP contribution in [0.1, 0.15) is 23.2 Å². The first-order chi connectivity index (χ1) is 10.6. The minimum Gasteiger partial charge on any atom is -0.327 e. The number of amides is 2. The highest BCUT2D eigenvalue weighted by atomic mass is 79.9. The Bertz CT molecular complexity index is 673. The maximum Gasteiger partial charge on any atom is 0.254 e. The summed E-state index contributed by atoms with van der Waals surface area (Å²) in [7, 11) is 0. The highest BCUT2D eigenvalue weighted by Crippen LogP contribution is 2.23. The van der Waals surface area contributed by atoms with Gasteiger partial charge in [0.2, 0.25) is 5.91 Å². The number of hydrogen-bond donors (Lipinski definition) is 1. The third kappa shape index (κ3) is 3.20. The monoisotopic (exact) mass is 379 g/mol. The molecule has 1 aromatic heterocycles. The van der Waals surface area contributed by atoms with Crippen LogP contribution in [0.3, 0.4) is 0 Å². The van der Waals surface area contributed by atoms with Crippen LogP contribution in [-0.2, 0) is 4.79 Å². The molecule has 1 atom stereocenters. The number of aromatic nitrogens is 1. The van der Waals surface area contributed by atoms with Crippen molar-refractivity contribution in [3.05, 3.63) is 45.9 Å². The number of halogens is 1. The number of rotatable bonds is 3. The summed E-state index contributed by atoms with van der Waals surface area (Å²) in [5.41, 5.74) is 0.595. The van der Waals surface area contributed by atoms with Crippen LogP contribution in [0.15, 0.2) is 40.3 Å². The summed E-state index contributed by atoms with van der Waals surface area (Å²) in [5, 5.41) is 5.14. The lowest BCUT2D eigenvalue weighted by molar-refractivity contribution is -0.119. The Labute approximate surface area is 140 Å². The van der Waals surface area contributed by atoms with Gasteiger partial charge >= 0.3 is 0 Å². The molecule has 0 radical (unpaired) electrons. The maximum atomic E-state index is 12.6. The van der Waals surface area contributed by atoms with Gasteiger partial charge in [0, 0.05) is 28.2 Å². The molecule has 1 saturated heterocycles. The highest BCUT2D eigenvalue weighted by molar-refractivity contribution is 9.10. The Kier molecular flexibility index (Phi) is 4.54. The number of anilines is 1. The van der Waals surface area contributed by atoms with Crippen LogP contribution in [0, 0.1) is 0 Å². The van der Waals surface area contributed by atoms with Gasteiger partial charge in [-0.1, -0.05) is 15.9 Å². The van der Waals surface area contributed by atoms with Crippen molar-refractivity contribution in [1.82, 2.24) is 9.88 Å². The summed E-state index contributed by atoms with van der Waals surface area (Å²) >= 11 is 4.72. The molecule has 3 rings (SSSR count). The smallest absolute Gasteiger partial charge is 0.254 e. The molecule has 0 aliphatic carbocycles. The van der Waals surface area contributed by atoms with E-state index in [1.165, 1.54) is 11.3 Å². The maximum absolute atomic E-state index is 12.6. The summed E-state index contributed by atoms with van der Waals surface area (Å²) in [6.07, 6.45) is 3.15. The van der Waals surface area contributed by atoms with E-state index in [9.17, 15) is 9.59 Å². The number of benzene rings is 1. The van der Waals surface area contributed by atoms with Crippen molar-refractivity contribution in [2.24, 2.45) is 0 Å². The predicted octanol–water partition coefficient (Wildman–Crippen LogP) is 3.15. The van der Waals surface area contributed by atoms with Crippen LogP contribution >= 0.6 is 27.3 Å². The lowest BCUT2D eigenvalue weighted by Gasteiger charge is -2.23. The second kappa shape index (κ2) is 6.58. The topological polar surface area (TPSA) is 62.3 Å². The zero-order chi connectivity index (χ0) is 15.5. The molecule has 1 unspecified atom stereocenters. The largest absolute Gasteiger partial charge is 0.327 e. The van der Waals surface area contributed by atoms with Crippen LogP contribution in [-0.4, -0.2) is 34.3 Å². The van der Waals surface area contributed by atoms with Crippen LogP contribution in [0.4, 0.5) is 5.13 Å². The average molecular weight is 380 g/mol. The third-order valence-corrected chi connectivity index (χ3v) is 4.79. The van der Waals surface area contributed by atoms with E-state index in [1.807, 2.05) is 12.1 Å². The van der Waals surface area contributed by atoms with E-state index in [-0.39, 0.29) is 11.8 Å². The second-order valence-electron chi connectivity index (χ2n) is 4.99. The average Bonchev–Trinajstić information content (AvgIpc) is 3.18. The molecule has 1 fully saturated rings. The van der Waals surface area contributed by atoms with Crippen LogP contribution < -0.4 is 5.32 Å². The van der Waals surface area contributed by atoms with Crippen LogP contribution in [0.25, 0.3) is 0 Å². The molecule has 2 amide bonds. The number of hydrogen-bond acceptors (Lipinski definition) is 4. The highest BCUT2D eigenvalue weighted by Gasteiger charge is 2.34. The Morgan fingerprint density at radius 3 is 2.77 bits per heavy atom. The van der Waals surface area contributed by atoms with E-state index in [0.717, 1.165) is 10.9 Å². The standard InChI is InChI=1S/C15H14BrN3O2S/c16-11-5-3-10(4-6-11)14(21)19-8-1-2-12(19)13(20)18-15-17-7-9-22-15/h3-7,9,12H,1-2,8H2,(H,17,18,20). The van der Waals surface area contributed by atoms with E-state index in [1.54, 1.807) is 28.6 Å². The van der Waals surface area contributed by atoms with Gasteiger partial charge in [-0.15, -0.1) is 11.3 Å². The quantitative estimate of drug-likeness (QED) is 0.890. The van der Waals surface area contributed by atoms with E-state index in [4.69, 9.17) is 0 Å². The van der Waals surface area contributed by atoms with Gasteiger partial charge in [-0.2, -0.15) is 0 Å². The fourth-order valence-corrected chi connectivity index (χ4v) is 3.31. The van der Waals surface area contributed by atoms with E-state index >= 15 is 0 Å². The van der Waals surface area contributed by atoms with Crippen molar-refractivity contribution in [3.8, 4) is 0 Å². The van der Waals surface area contributed by atoms with Crippen LogP contribution in [0.2, 0.25) is 0 Å². The minimum atomic E-state index is -0.431. The number of carbonyl (C=O) groups is 2. The Hall–Kier alpha value is -1.73. The van der Waals surface area contributed by atoms with Gasteiger partial charge in [0.25, 0.3) is 5.91 Å². The fraction of sp³-hybridized carbons (Fsp3) is 0.267. The first-order valence-electron chi connectivity index (χ1n) is 6.92. The molecule has 0 saturated carbocycles. The molecule has 22 heavy (non-hydrogen) atoms. The molecule has 2 aromatic rings. The van der Waals surface area contributed by atoms with E-state index < -0.39 is 6.04 Å². The Balaban J connectivity index is 1.73. The molecule has 1 aliphatic rings. The minimum absolute atomic E-state index is 0.107. The van der Waals surface area contributed by atoms with Crippen molar-refractivity contribution in [1.29, 1.82) is 0 Å². The number of nitrogens with zero attached hydrogens (tertiary/aromatic N) is 2. The predicted molar refractivity (Wildman–Crippen MR) is 88.9 cm³/mol. The van der Waals surface area contributed by atoms with E-state index in [0.29, 0.717) is 23.7 Å². The molecule has 0 spiro atoms. The zero-order valence-corrected chi connectivity index (χ0v) is 14.1. The summed E-state index contributed by atoms with van der Waals surface area (Å²) in [6, 6.07) is 6.75. The molecular formula is C15H14BrN3O2S. The fourth-order valence-electron chi connectivity index (χ4n) is 2.51. The molecule has 114 valence electrons. The van der Waals surface area contributed by atoms with Crippen molar-refractivity contribution < 1.29 is 9.59 Å². The van der Waals surface area contributed by atoms with Crippen molar-refractivity contribution in [2.75, 3.05) is 11.9 Å². The number of likely N-dealkylation sites (tertiary alicyclic amines) is 1.